The molecule has 136 valence electrons. The van der Waals surface area contributed by atoms with E-state index in [9.17, 15) is 9.36 Å². The first-order valence-corrected chi connectivity index (χ1v) is 10.3. The highest BCUT2D eigenvalue weighted by atomic mass is 31.2. The molecule has 25 heavy (non-hydrogen) atoms. The van der Waals surface area contributed by atoms with Gasteiger partial charge in [-0.05, 0) is 44.4 Å². The summed E-state index contributed by atoms with van der Waals surface area (Å²) in [4.78, 5) is 12.5. The van der Waals surface area contributed by atoms with Crippen molar-refractivity contribution in [3.05, 3.63) is 60.4 Å². The Kier molecular flexibility index (Phi) is 7.63. The molecule has 0 saturated carbocycles. The lowest BCUT2D eigenvalue weighted by Gasteiger charge is -2.26. The number of rotatable bonds is 10. The van der Waals surface area contributed by atoms with Crippen LogP contribution in [-0.2, 0) is 20.0 Å². The molecular weight excluding hydrogens is 337 g/mol. The quantitative estimate of drug-likeness (QED) is 0.570. The van der Waals surface area contributed by atoms with Crippen LogP contribution in [-0.4, -0.2) is 29.3 Å². The normalized spacial score (nSPS) is 12.9. The molecule has 0 aliphatic rings. The molecule has 0 radical (unpaired) electrons. The second-order valence-corrected chi connectivity index (χ2v) is 8.07. The van der Waals surface area contributed by atoms with Crippen molar-refractivity contribution in [2.24, 2.45) is 0 Å². The van der Waals surface area contributed by atoms with Gasteiger partial charge in [-0.25, -0.2) is 0 Å². The van der Waals surface area contributed by atoms with Crippen LogP contribution in [0.3, 0.4) is 0 Å². The van der Waals surface area contributed by atoms with E-state index in [1.54, 1.807) is 38.4 Å². The van der Waals surface area contributed by atoms with Crippen LogP contribution < -0.4 is 0 Å². The third kappa shape index (κ3) is 5.67. The molecule has 1 atom stereocenters. The standard InChI is InChI=1S/C19H26NO4P/c1-3-23-25(22,24-4-2)18(13-12-17-10-6-5-7-11-17)16-19(21)20-14-8-9-15-20/h5-11,14-15,18H,3-4,12-13,16H2,1-2H3. The predicted molar refractivity (Wildman–Crippen MR) is 99.1 cm³/mol. The summed E-state index contributed by atoms with van der Waals surface area (Å²) < 4.78 is 25.8. The third-order valence-corrected chi connectivity index (χ3v) is 6.55. The maximum absolute atomic E-state index is 13.2. The average Bonchev–Trinajstić information content (AvgIpc) is 3.14. The Balaban J connectivity index is 2.16. The van der Waals surface area contributed by atoms with E-state index in [0.29, 0.717) is 12.8 Å². The zero-order valence-electron chi connectivity index (χ0n) is 14.8. The molecule has 5 nitrogen and oxygen atoms in total. The number of benzene rings is 1. The van der Waals surface area contributed by atoms with Gasteiger partial charge in [-0.1, -0.05) is 30.3 Å². The smallest absolute Gasteiger partial charge is 0.309 e. The van der Waals surface area contributed by atoms with E-state index in [1.165, 1.54) is 4.57 Å². The van der Waals surface area contributed by atoms with Crippen LogP contribution in [0.1, 0.15) is 37.0 Å². The lowest BCUT2D eigenvalue weighted by Crippen LogP contribution is -2.21. The van der Waals surface area contributed by atoms with Crippen LogP contribution in [0.25, 0.3) is 0 Å². The fourth-order valence-corrected chi connectivity index (χ4v) is 4.81. The molecule has 0 spiro atoms. The number of hydrogen-bond donors (Lipinski definition) is 0. The molecule has 0 fully saturated rings. The Morgan fingerprint density at radius 1 is 1.04 bits per heavy atom. The fourth-order valence-electron chi connectivity index (χ4n) is 2.77. The van der Waals surface area contributed by atoms with Gasteiger partial charge in [0, 0.05) is 18.8 Å². The van der Waals surface area contributed by atoms with Gasteiger partial charge < -0.3 is 9.05 Å². The van der Waals surface area contributed by atoms with Crippen molar-refractivity contribution in [1.82, 2.24) is 4.57 Å². The summed E-state index contributed by atoms with van der Waals surface area (Å²) >= 11 is 0. The molecule has 1 heterocycles. The molecule has 6 heteroatoms. The average molecular weight is 363 g/mol. The molecule has 1 aromatic carbocycles. The minimum absolute atomic E-state index is 0.109. The monoisotopic (exact) mass is 363 g/mol. The number of carbonyl (C=O) groups excluding carboxylic acids is 1. The summed E-state index contributed by atoms with van der Waals surface area (Å²) in [5, 5.41) is 0. The first-order chi connectivity index (χ1) is 12.1. The molecule has 1 aromatic heterocycles. The van der Waals surface area contributed by atoms with E-state index in [-0.39, 0.29) is 25.5 Å². The van der Waals surface area contributed by atoms with Crippen molar-refractivity contribution < 1.29 is 18.4 Å². The van der Waals surface area contributed by atoms with Gasteiger partial charge in [-0.2, -0.15) is 0 Å². The molecule has 0 aliphatic heterocycles. The fraction of sp³-hybridized carbons (Fsp3) is 0.421. The summed E-state index contributed by atoms with van der Waals surface area (Å²) in [6.07, 6.45) is 4.80. The van der Waals surface area contributed by atoms with Crippen LogP contribution in [0.4, 0.5) is 0 Å². The van der Waals surface area contributed by atoms with Gasteiger partial charge >= 0.3 is 7.60 Å². The Labute approximate surface area is 149 Å². The largest absolute Gasteiger partial charge is 0.334 e. The summed E-state index contributed by atoms with van der Waals surface area (Å²) in [6.45, 7) is 4.15. The van der Waals surface area contributed by atoms with Crippen molar-refractivity contribution in [2.45, 2.75) is 38.8 Å². The third-order valence-electron chi connectivity index (χ3n) is 3.98. The van der Waals surface area contributed by atoms with Crippen LogP contribution >= 0.6 is 7.60 Å². The molecule has 0 amide bonds. The SMILES string of the molecule is CCOP(=O)(OCC)C(CCc1ccccc1)CC(=O)n1cccc1. The number of hydrogen-bond acceptors (Lipinski definition) is 4. The van der Waals surface area contributed by atoms with Gasteiger partial charge in [0.25, 0.3) is 0 Å². The zero-order valence-corrected chi connectivity index (χ0v) is 15.7. The van der Waals surface area contributed by atoms with Gasteiger partial charge in [0.15, 0.2) is 0 Å². The van der Waals surface area contributed by atoms with E-state index in [0.717, 1.165) is 5.56 Å². The Bertz CT molecular complexity index is 675. The molecule has 2 rings (SSSR count). The molecule has 0 N–H and O–H groups in total. The molecule has 0 bridgehead atoms. The highest BCUT2D eigenvalue weighted by Gasteiger charge is 2.36. The predicted octanol–water partition coefficient (Wildman–Crippen LogP) is 4.79. The van der Waals surface area contributed by atoms with Crippen molar-refractivity contribution in [2.75, 3.05) is 13.2 Å². The van der Waals surface area contributed by atoms with Gasteiger partial charge in [0.05, 0.1) is 18.9 Å². The summed E-state index contributed by atoms with van der Waals surface area (Å²) in [5.41, 5.74) is 0.669. The highest BCUT2D eigenvalue weighted by Crippen LogP contribution is 2.55. The molecule has 2 aromatic rings. The van der Waals surface area contributed by atoms with Crippen LogP contribution in [0.5, 0.6) is 0 Å². The number of carbonyl (C=O) groups is 1. The lowest BCUT2D eigenvalue weighted by atomic mass is 10.1. The zero-order chi connectivity index (χ0) is 18.1. The number of aryl methyl sites for hydroxylation is 1. The molecule has 1 unspecified atom stereocenters. The van der Waals surface area contributed by atoms with E-state index in [4.69, 9.17) is 9.05 Å². The first-order valence-electron chi connectivity index (χ1n) is 8.68. The van der Waals surface area contributed by atoms with Gasteiger partial charge in [0.2, 0.25) is 5.91 Å². The molecule has 0 saturated heterocycles. The molecular formula is C19H26NO4P. The van der Waals surface area contributed by atoms with Gasteiger partial charge in [0.1, 0.15) is 0 Å². The molecule has 0 aliphatic carbocycles. The van der Waals surface area contributed by atoms with E-state index >= 15 is 0 Å². The minimum atomic E-state index is -3.36. The minimum Gasteiger partial charge on any atom is -0.309 e. The number of nitrogens with zero attached hydrogens (tertiary/aromatic N) is 1. The topological polar surface area (TPSA) is 57.5 Å². The lowest BCUT2D eigenvalue weighted by molar-refractivity contribution is 0.0892. The summed E-state index contributed by atoms with van der Waals surface area (Å²) in [7, 11) is -3.36. The van der Waals surface area contributed by atoms with Gasteiger partial charge in [-0.3, -0.25) is 13.9 Å². The summed E-state index contributed by atoms with van der Waals surface area (Å²) in [5.74, 6) is -0.109. The van der Waals surface area contributed by atoms with Crippen molar-refractivity contribution in [3.63, 3.8) is 0 Å². The van der Waals surface area contributed by atoms with E-state index < -0.39 is 13.3 Å². The van der Waals surface area contributed by atoms with Crippen molar-refractivity contribution >= 4 is 13.5 Å². The van der Waals surface area contributed by atoms with Crippen LogP contribution in [0.2, 0.25) is 0 Å². The second kappa shape index (κ2) is 9.71. The highest BCUT2D eigenvalue weighted by molar-refractivity contribution is 7.54. The second-order valence-electron chi connectivity index (χ2n) is 5.74. The maximum atomic E-state index is 13.2. The Hall–Kier alpha value is -1.68. The first kappa shape index (κ1) is 19.6. The van der Waals surface area contributed by atoms with Crippen LogP contribution in [0.15, 0.2) is 54.9 Å². The van der Waals surface area contributed by atoms with Crippen molar-refractivity contribution in [1.29, 1.82) is 0 Å². The number of aromatic nitrogens is 1. The maximum Gasteiger partial charge on any atom is 0.334 e. The van der Waals surface area contributed by atoms with E-state index in [2.05, 4.69) is 0 Å². The van der Waals surface area contributed by atoms with Crippen molar-refractivity contribution in [3.8, 4) is 0 Å². The van der Waals surface area contributed by atoms with E-state index in [1.807, 2.05) is 30.3 Å². The Morgan fingerprint density at radius 3 is 2.20 bits per heavy atom. The van der Waals surface area contributed by atoms with Gasteiger partial charge in [-0.15, -0.1) is 0 Å². The van der Waals surface area contributed by atoms with Crippen LogP contribution in [0, 0.1) is 0 Å². The summed E-state index contributed by atoms with van der Waals surface area (Å²) in [6, 6.07) is 13.5. The Morgan fingerprint density at radius 2 is 1.64 bits per heavy atom.